The van der Waals surface area contributed by atoms with Crippen molar-refractivity contribution in [3.63, 3.8) is 0 Å². The Balaban J connectivity index is 1.01. The van der Waals surface area contributed by atoms with Crippen molar-refractivity contribution >= 4 is 28.5 Å². The number of benzene rings is 5. The minimum Gasteiger partial charge on any atom is -0.472 e. The Hall–Kier alpha value is -5.17. The van der Waals surface area contributed by atoms with Crippen LogP contribution in [0.25, 0.3) is 28.0 Å². The van der Waals surface area contributed by atoms with Crippen molar-refractivity contribution < 1.29 is 19.0 Å². The van der Waals surface area contributed by atoms with Crippen molar-refractivity contribution in [2.24, 2.45) is 0 Å². The summed E-state index contributed by atoms with van der Waals surface area (Å²) in [6.45, 7) is 16.3. The molecule has 1 fully saturated rings. The molecule has 270 valence electrons. The third kappa shape index (κ3) is 6.34. The zero-order valence-corrected chi connectivity index (χ0v) is 31.1. The van der Waals surface area contributed by atoms with E-state index in [1.165, 1.54) is 38.9 Å². The van der Waals surface area contributed by atoms with E-state index >= 15 is 0 Å². The Morgan fingerprint density at radius 1 is 0.792 bits per heavy atom. The van der Waals surface area contributed by atoms with Crippen LogP contribution < -0.4 is 9.64 Å². The van der Waals surface area contributed by atoms with Gasteiger partial charge in [-0.1, -0.05) is 117 Å². The number of anilines is 1. The van der Waals surface area contributed by atoms with E-state index in [0.717, 1.165) is 55.0 Å². The van der Waals surface area contributed by atoms with Crippen molar-refractivity contribution in [3.05, 3.63) is 149 Å². The van der Waals surface area contributed by atoms with Gasteiger partial charge in [-0.25, -0.2) is 4.79 Å². The lowest BCUT2D eigenvalue weighted by Gasteiger charge is -2.39. The molecule has 1 atom stereocenters. The van der Waals surface area contributed by atoms with Gasteiger partial charge in [0.25, 0.3) is 0 Å². The molecule has 1 unspecified atom stereocenters. The predicted molar refractivity (Wildman–Crippen MR) is 215 cm³/mol. The number of esters is 1. The van der Waals surface area contributed by atoms with Gasteiger partial charge in [-0.05, 0) is 52.8 Å². The molecule has 1 aliphatic carbocycles. The maximum atomic E-state index is 11.5. The molecule has 2 aliphatic heterocycles. The number of ether oxygens (including phenoxy) is 3. The average molecular weight is 705 g/mol. The van der Waals surface area contributed by atoms with Gasteiger partial charge in [0, 0.05) is 84.5 Å². The molecule has 0 N–H and O–H groups in total. The first-order valence-corrected chi connectivity index (χ1v) is 18.9. The number of nitrogens with zero attached hydrogens (tertiary/aromatic N) is 2. The van der Waals surface area contributed by atoms with Gasteiger partial charge in [0.2, 0.25) is 0 Å². The monoisotopic (exact) mass is 704 g/mol. The SMILES string of the molecule is C=C(C)C(=O)OCCCOCCN1CCN(c2ccc(C3(c4ccccc4)C=Cc4c5c(c6ccccc6c4O3)-c3ccccc3C5(C)C)cc2)CC1. The first-order valence-electron chi connectivity index (χ1n) is 18.9. The number of fused-ring (bicyclic) bond motifs is 8. The number of rotatable bonds is 11. The smallest absolute Gasteiger partial charge is 0.333 e. The zero-order chi connectivity index (χ0) is 36.6. The molecule has 6 nitrogen and oxygen atoms in total. The second-order valence-corrected chi connectivity index (χ2v) is 15.0. The van der Waals surface area contributed by atoms with Crippen LogP contribution in [0.5, 0.6) is 5.75 Å². The second-order valence-electron chi connectivity index (χ2n) is 15.0. The molecular weight excluding hydrogens is 657 g/mol. The lowest BCUT2D eigenvalue weighted by Crippen LogP contribution is -2.47. The molecule has 3 aliphatic rings. The van der Waals surface area contributed by atoms with Gasteiger partial charge >= 0.3 is 5.97 Å². The highest BCUT2D eigenvalue weighted by atomic mass is 16.5. The molecule has 0 amide bonds. The van der Waals surface area contributed by atoms with Crippen LogP contribution in [-0.2, 0) is 25.3 Å². The Morgan fingerprint density at radius 2 is 1.47 bits per heavy atom. The maximum absolute atomic E-state index is 11.5. The van der Waals surface area contributed by atoms with E-state index in [9.17, 15) is 4.79 Å². The molecule has 0 radical (unpaired) electrons. The highest BCUT2D eigenvalue weighted by molar-refractivity contribution is 6.08. The molecule has 5 aromatic carbocycles. The van der Waals surface area contributed by atoms with Crippen molar-refractivity contribution in [1.82, 2.24) is 4.90 Å². The molecule has 1 saturated heterocycles. The molecule has 5 aromatic rings. The number of carbonyl (C=O) groups is 1. The fraction of sp³-hybridized carbons (Fsp3) is 0.298. The lowest BCUT2D eigenvalue weighted by atomic mass is 9.77. The fourth-order valence-corrected chi connectivity index (χ4v) is 8.46. The average Bonchev–Trinajstić information content (AvgIpc) is 3.44. The molecule has 0 saturated carbocycles. The zero-order valence-electron chi connectivity index (χ0n) is 31.1. The molecule has 6 heteroatoms. The molecule has 53 heavy (non-hydrogen) atoms. The number of piperazine rings is 1. The quantitative estimate of drug-likeness (QED) is 0.0777. The first kappa shape index (κ1) is 34.9. The largest absolute Gasteiger partial charge is 0.472 e. The molecule has 0 bridgehead atoms. The van der Waals surface area contributed by atoms with Crippen molar-refractivity contribution in [2.45, 2.75) is 38.2 Å². The molecule has 2 heterocycles. The Kier molecular flexibility index (Phi) is 9.44. The summed E-state index contributed by atoms with van der Waals surface area (Å²) in [5, 5.41) is 2.38. The van der Waals surface area contributed by atoms with Crippen LogP contribution in [0, 0.1) is 0 Å². The van der Waals surface area contributed by atoms with Crippen LogP contribution in [0.4, 0.5) is 5.69 Å². The topological polar surface area (TPSA) is 51.2 Å². The Bertz CT molecular complexity index is 2180. The van der Waals surface area contributed by atoms with Gasteiger partial charge < -0.3 is 19.1 Å². The highest BCUT2D eigenvalue weighted by Crippen LogP contribution is 2.58. The number of hydrogen-bond donors (Lipinski definition) is 0. The van der Waals surface area contributed by atoms with E-state index in [1.54, 1.807) is 6.92 Å². The summed E-state index contributed by atoms with van der Waals surface area (Å²) in [5.41, 5.74) is 9.43. The van der Waals surface area contributed by atoms with Crippen LogP contribution in [0.3, 0.4) is 0 Å². The van der Waals surface area contributed by atoms with Crippen molar-refractivity contribution in [1.29, 1.82) is 0 Å². The highest BCUT2D eigenvalue weighted by Gasteiger charge is 2.44. The maximum Gasteiger partial charge on any atom is 0.333 e. The number of hydrogen-bond acceptors (Lipinski definition) is 6. The summed E-state index contributed by atoms with van der Waals surface area (Å²) in [4.78, 5) is 16.4. The summed E-state index contributed by atoms with van der Waals surface area (Å²) in [6, 6.07) is 37.3. The lowest BCUT2D eigenvalue weighted by molar-refractivity contribution is -0.139. The minimum atomic E-state index is -0.787. The third-order valence-corrected chi connectivity index (χ3v) is 11.3. The van der Waals surface area contributed by atoms with Gasteiger partial charge in [0.1, 0.15) is 5.75 Å². The van der Waals surface area contributed by atoms with E-state index < -0.39 is 5.60 Å². The van der Waals surface area contributed by atoms with Gasteiger partial charge in [0.15, 0.2) is 5.60 Å². The van der Waals surface area contributed by atoms with Crippen LogP contribution in [0.15, 0.2) is 121 Å². The third-order valence-electron chi connectivity index (χ3n) is 11.3. The minimum absolute atomic E-state index is 0.165. The summed E-state index contributed by atoms with van der Waals surface area (Å²) in [7, 11) is 0. The predicted octanol–water partition coefficient (Wildman–Crippen LogP) is 9.14. The Labute approximate surface area is 313 Å². The van der Waals surface area contributed by atoms with Crippen LogP contribution in [0.2, 0.25) is 0 Å². The summed E-state index contributed by atoms with van der Waals surface area (Å²) in [6.07, 6.45) is 5.30. The molecule has 0 aromatic heterocycles. The van der Waals surface area contributed by atoms with Crippen molar-refractivity contribution in [3.8, 4) is 16.9 Å². The van der Waals surface area contributed by atoms with E-state index in [4.69, 9.17) is 14.2 Å². The molecular formula is C47H48N2O4. The van der Waals surface area contributed by atoms with Gasteiger partial charge in [0.05, 0.1) is 13.2 Å². The van der Waals surface area contributed by atoms with Gasteiger partial charge in [-0.15, -0.1) is 0 Å². The van der Waals surface area contributed by atoms with Crippen LogP contribution >= 0.6 is 0 Å². The summed E-state index contributed by atoms with van der Waals surface area (Å²) in [5.74, 6) is 0.604. The van der Waals surface area contributed by atoms with E-state index in [0.29, 0.717) is 31.8 Å². The van der Waals surface area contributed by atoms with E-state index in [1.807, 2.05) is 0 Å². The first-order chi connectivity index (χ1) is 25.8. The summed E-state index contributed by atoms with van der Waals surface area (Å²) < 4.78 is 18.4. The second kappa shape index (κ2) is 14.3. The van der Waals surface area contributed by atoms with Gasteiger partial charge in [-0.2, -0.15) is 0 Å². The van der Waals surface area contributed by atoms with Gasteiger partial charge in [-0.3, -0.25) is 4.90 Å². The van der Waals surface area contributed by atoms with Crippen LogP contribution in [-0.4, -0.2) is 63.4 Å². The van der Waals surface area contributed by atoms with E-state index in [-0.39, 0.29) is 11.4 Å². The van der Waals surface area contributed by atoms with E-state index in [2.05, 4.69) is 146 Å². The van der Waals surface area contributed by atoms with Crippen LogP contribution in [0.1, 0.15) is 55.0 Å². The summed E-state index contributed by atoms with van der Waals surface area (Å²) >= 11 is 0. The molecule has 8 rings (SSSR count). The van der Waals surface area contributed by atoms with Crippen molar-refractivity contribution in [2.75, 3.05) is 57.4 Å². The standard InChI is InChI=1S/C47H48N2O4/c1-33(2)45(50)52-31-12-30-51-32-29-48-25-27-49(28-26-48)36-21-19-35(20-22-36)47(34-13-6-5-7-14-34)24-23-40-43-42(37-15-8-9-16-38(37)44(40)53-47)39-17-10-11-18-41(39)46(43,3)4/h5-11,13-24H,1,12,25-32H2,2-4H3. The molecule has 0 spiro atoms. The normalized spacial score (nSPS) is 18.6. The Morgan fingerprint density at radius 3 is 2.23 bits per heavy atom. The fourth-order valence-electron chi connectivity index (χ4n) is 8.46. The number of carbonyl (C=O) groups excluding carboxylic acids is 1.